The van der Waals surface area contributed by atoms with Crippen LogP contribution in [0.3, 0.4) is 0 Å². The number of hydrogen-bond donors (Lipinski definition) is 2. The van der Waals surface area contributed by atoms with Gasteiger partial charge in [-0.15, -0.1) is 0 Å². The molecule has 0 saturated carbocycles. The van der Waals surface area contributed by atoms with Crippen molar-refractivity contribution in [3.63, 3.8) is 0 Å². The maximum absolute atomic E-state index is 10.8. The second kappa shape index (κ2) is 7.87. The van der Waals surface area contributed by atoms with Crippen molar-refractivity contribution < 1.29 is 10.2 Å². The summed E-state index contributed by atoms with van der Waals surface area (Å²) in [7, 11) is 0. The lowest BCUT2D eigenvalue weighted by Gasteiger charge is -2.31. The molecule has 2 aromatic rings. The van der Waals surface area contributed by atoms with Crippen LogP contribution in [0.2, 0.25) is 0 Å². The topological polar surface area (TPSA) is 40.5 Å². The lowest BCUT2D eigenvalue weighted by Crippen LogP contribution is -2.20. The van der Waals surface area contributed by atoms with Crippen LogP contribution in [0.25, 0.3) is 0 Å². The Morgan fingerprint density at radius 2 is 0.710 bits per heavy atom. The maximum atomic E-state index is 10.8. The van der Waals surface area contributed by atoms with E-state index in [4.69, 9.17) is 0 Å². The zero-order valence-corrected chi connectivity index (χ0v) is 21.9. The third kappa shape index (κ3) is 5.64. The summed E-state index contributed by atoms with van der Waals surface area (Å²) < 4.78 is 0. The molecule has 0 fully saturated rings. The van der Waals surface area contributed by atoms with E-state index in [1.54, 1.807) is 0 Å². The molecule has 0 atom stereocenters. The first-order valence-corrected chi connectivity index (χ1v) is 11.5. The van der Waals surface area contributed by atoms with Crippen molar-refractivity contribution in [3.05, 3.63) is 57.6 Å². The molecule has 0 radical (unpaired) electrons. The van der Waals surface area contributed by atoms with E-state index in [-0.39, 0.29) is 21.7 Å². The van der Waals surface area contributed by atoms with Crippen LogP contribution in [0.4, 0.5) is 0 Å². The zero-order valence-electron chi connectivity index (χ0n) is 21.9. The fraction of sp³-hybridized carbons (Fsp3) is 0.586. The predicted molar refractivity (Wildman–Crippen MR) is 134 cm³/mol. The quantitative estimate of drug-likeness (QED) is 0.515. The van der Waals surface area contributed by atoms with Crippen LogP contribution < -0.4 is 0 Å². The van der Waals surface area contributed by atoms with Gasteiger partial charge in [0, 0.05) is 0 Å². The van der Waals surface area contributed by atoms with Crippen LogP contribution in [-0.4, -0.2) is 10.2 Å². The first-order valence-electron chi connectivity index (χ1n) is 11.5. The molecule has 0 bridgehead atoms. The Balaban J connectivity index is 2.82. The Hall–Kier alpha value is -1.96. The smallest absolute Gasteiger partial charge is 0.119 e. The molecule has 0 amide bonds. The van der Waals surface area contributed by atoms with E-state index in [0.717, 1.165) is 17.5 Å². The summed E-state index contributed by atoms with van der Waals surface area (Å²) in [6, 6.07) is 8.34. The molecular weight excluding hydrogens is 380 g/mol. The molecule has 0 aliphatic carbocycles. The summed E-state index contributed by atoms with van der Waals surface area (Å²) in [6.45, 7) is 26.0. The molecule has 2 rings (SSSR count). The molecule has 0 aliphatic heterocycles. The first kappa shape index (κ1) is 25.3. The van der Waals surface area contributed by atoms with Crippen LogP contribution in [0.5, 0.6) is 11.5 Å². The van der Waals surface area contributed by atoms with Crippen LogP contribution in [0.1, 0.15) is 116 Å². The summed E-state index contributed by atoms with van der Waals surface area (Å²) in [5, 5.41) is 21.6. The third-order valence-electron chi connectivity index (χ3n) is 6.06. The Bertz CT molecular complexity index is 873. The fourth-order valence-corrected chi connectivity index (χ4v) is 4.36. The van der Waals surface area contributed by atoms with E-state index in [1.165, 1.54) is 22.3 Å². The molecule has 0 heterocycles. The van der Waals surface area contributed by atoms with Gasteiger partial charge in [0.2, 0.25) is 0 Å². The number of phenolic OH excluding ortho intramolecular Hbond substituents is 2. The van der Waals surface area contributed by atoms with Gasteiger partial charge in [-0.05, 0) is 73.6 Å². The van der Waals surface area contributed by atoms with Gasteiger partial charge in [-0.2, -0.15) is 0 Å². The molecule has 0 saturated heterocycles. The summed E-state index contributed by atoms with van der Waals surface area (Å²) in [5.74, 6) is 0.747. The number of benzene rings is 2. The monoisotopic (exact) mass is 424 g/mol. The second-order valence-corrected chi connectivity index (χ2v) is 13.2. The molecule has 31 heavy (non-hydrogen) atoms. The molecule has 2 heteroatoms. The number of phenols is 2. The van der Waals surface area contributed by atoms with Crippen molar-refractivity contribution in [1.82, 2.24) is 0 Å². The highest BCUT2D eigenvalue weighted by Gasteiger charge is 2.28. The van der Waals surface area contributed by atoms with Crippen LogP contribution >= 0.6 is 0 Å². The average Bonchev–Trinajstić information content (AvgIpc) is 2.53. The Morgan fingerprint density at radius 1 is 0.452 bits per heavy atom. The van der Waals surface area contributed by atoms with Gasteiger partial charge in [-0.3, -0.25) is 0 Å². The fourth-order valence-electron chi connectivity index (χ4n) is 4.36. The normalized spacial score (nSPS) is 13.5. The van der Waals surface area contributed by atoms with E-state index in [2.05, 4.69) is 95.2 Å². The molecule has 2 nitrogen and oxygen atoms in total. The molecule has 172 valence electrons. The maximum Gasteiger partial charge on any atom is 0.119 e. The lowest BCUT2D eigenvalue weighted by molar-refractivity contribution is 0.441. The van der Waals surface area contributed by atoms with Crippen molar-refractivity contribution in [2.75, 3.05) is 0 Å². The second-order valence-electron chi connectivity index (χ2n) is 13.2. The first-order chi connectivity index (χ1) is 13.7. The van der Waals surface area contributed by atoms with E-state index in [1.807, 2.05) is 12.1 Å². The van der Waals surface area contributed by atoms with E-state index in [9.17, 15) is 10.2 Å². The van der Waals surface area contributed by atoms with E-state index >= 15 is 0 Å². The van der Waals surface area contributed by atoms with E-state index in [0.29, 0.717) is 11.5 Å². The molecule has 0 spiro atoms. The van der Waals surface area contributed by atoms with Gasteiger partial charge in [0.1, 0.15) is 11.5 Å². The highest BCUT2D eigenvalue weighted by atomic mass is 16.3. The van der Waals surface area contributed by atoms with Gasteiger partial charge in [0.05, 0.1) is 0 Å². The predicted octanol–water partition coefficient (Wildman–Crippen LogP) is 7.88. The highest BCUT2D eigenvalue weighted by molar-refractivity contribution is 5.53. The van der Waals surface area contributed by atoms with Crippen molar-refractivity contribution in [2.24, 2.45) is 0 Å². The summed E-state index contributed by atoms with van der Waals surface area (Å²) in [6.07, 6.45) is 0.770. The van der Waals surface area contributed by atoms with Crippen molar-refractivity contribution >= 4 is 0 Å². The van der Waals surface area contributed by atoms with Gasteiger partial charge < -0.3 is 10.2 Å². The minimum Gasteiger partial charge on any atom is -0.508 e. The molecule has 0 aliphatic rings. The zero-order chi connectivity index (χ0) is 24.2. The molecule has 0 unspecified atom stereocenters. The van der Waals surface area contributed by atoms with Crippen LogP contribution in [0, 0.1) is 0 Å². The van der Waals surface area contributed by atoms with E-state index < -0.39 is 0 Å². The van der Waals surface area contributed by atoms with Crippen molar-refractivity contribution in [2.45, 2.75) is 111 Å². The molecule has 2 aromatic carbocycles. The van der Waals surface area contributed by atoms with Gasteiger partial charge in [-0.1, -0.05) is 95.2 Å². The Morgan fingerprint density at radius 3 is 0.935 bits per heavy atom. The van der Waals surface area contributed by atoms with Gasteiger partial charge >= 0.3 is 0 Å². The minimum absolute atomic E-state index is 0.0884. The lowest BCUT2D eigenvalue weighted by atomic mass is 9.74. The molecule has 2 N–H and O–H groups in total. The highest BCUT2D eigenvalue weighted by Crippen LogP contribution is 2.41. The third-order valence-corrected chi connectivity index (χ3v) is 6.06. The standard InChI is InChI=1S/C29H44O2/c1-26(2,3)20-16-24(30)22(28(7,8)9)14-18(20)13-19-15-23(29(10,11)12)25(31)17-21(19)27(4,5)6/h14-17,30-31H,13H2,1-12H3. The summed E-state index contributed by atoms with van der Waals surface area (Å²) >= 11 is 0. The van der Waals surface area contributed by atoms with Crippen LogP contribution in [0.15, 0.2) is 24.3 Å². The number of aromatic hydroxyl groups is 2. The average molecular weight is 425 g/mol. The van der Waals surface area contributed by atoms with Crippen molar-refractivity contribution in [1.29, 1.82) is 0 Å². The summed E-state index contributed by atoms with van der Waals surface area (Å²) in [4.78, 5) is 0. The minimum atomic E-state index is -0.145. The largest absolute Gasteiger partial charge is 0.508 e. The Kier molecular flexibility index (Phi) is 6.42. The van der Waals surface area contributed by atoms with Gasteiger partial charge in [0.25, 0.3) is 0 Å². The van der Waals surface area contributed by atoms with Gasteiger partial charge in [-0.25, -0.2) is 0 Å². The molecular formula is C29H44O2. The summed E-state index contributed by atoms with van der Waals surface area (Å²) in [5.41, 5.74) is 6.31. The number of hydrogen-bond acceptors (Lipinski definition) is 2. The SMILES string of the molecule is CC(C)(C)c1cc(Cc2cc(C(C)(C)C)c(O)cc2C(C)(C)C)c(C(C)(C)C)cc1O. The van der Waals surface area contributed by atoms with Crippen molar-refractivity contribution in [3.8, 4) is 11.5 Å². The van der Waals surface area contributed by atoms with Gasteiger partial charge in [0.15, 0.2) is 0 Å². The number of rotatable bonds is 2. The van der Waals surface area contributed by atoms with Crippen LogP contribution in [-0.2, 0) is 28.1 Å². The molecule has 0 aromatic heterocycles. The Labute approximate surface area is 190 Å².